The minimum Gasteiger partial charge on any atom is -0.465 e. The predicted octanol–water partition coefficient (Wildman–Crippen LogP) is 2.78. The third-order valence-electron chi connectivity index (χ3n) is 2.56. The lowest BCUT2D eigenvalue weighted by atomic mass is 10.1. The fourth-order valence-electron chi connectivity index (χ4n) is 1.64. The van der Waals surface area contributed by atoms with Crippen molar-refractivity contribution in [3.63, 3.8) is 0 Å². The van der Waals surface area contributed by atoms with E-state index in [0.29, 0.717) is 5.69 Å². The molecule has 2 aromatic rings. The second-order valence-corrected chi connectivity index (χ2v) is 4.38. The Balaban J connectivity index is 2.21. The van der Waals surface area contributed by atoms with Crippen molar-refractivity contribution in [3.05, 3.63) is 52.8 Å². The van der Waals surface area contributed by atoms with Gasteiger partial charge in [-0.2, -0.15) is 0 Å². The number of benzene rings is 1. The molecule has 8 heteroatoms. The number of hydrogen-bond donors (Lipinski definition) is 2. The number of amides is 1. The number of ketones is 1. The van der Waals surface area contributed by atoms with E-state index in [1.165, 1.54) is 18.3 Å². The van der Waals surface area contributed by atoms with Crippen LogP contribution < -0.4 is 5.32 Å². The number of nitrogens with one attached hydrogen (secondary N) is 1. The third-order valence-corrected chi connectivity index (χ3v) is 2.74. The van der Waals surface area contributed by atoms with E-state index in [-0.39, 0.29) is 28.7 Å². The van der Waals surface area contributed by atoms with Gasteiger partial charge in [-0.15, -0.1) is 0 Å². The van der Waals surface area contributed by atoms with Crippen LogP contribution in [0.15, 0.2) is 30.5 Å². The largest absolute Gasteiger partial charge is 0.465 e. The molecule has 0 spiro atoms. The Hall–Kier alpha value is -2.54. The van der Waals surface area contributed by atoms with Gasteiger partial charge in [0, 0.05) is 11.8 Å². The smallest absolute Gasteiger partial charge is 0.409 e. The lowest BCUT2D eigenvalue weighted by Gasteiger charge is -2.06. The summed E-state index contributed by atoms with van der Waals surface area (Å²) in [5.41, 5.74) is 0.293. The highest BCUT2D eigenvalue weighted by atomic mass is 35.5. The number of carbonyl (C=O) groups excluding carboxylic acids is 1. The van der Waals surface area contributed by atoms with E-state index in [4.69, 9.17) is 16.7 Å². The van der Waals surface area contributed by atoms with Crippen molar-refractivity contribution in [1.29, 1.82) is 0 Å². The van der Waals surface area contributed by atoms with Gasteiger partial charge in [-0.05, 0) is 35.9 Å². The summed E-state index contributed by atoms with van der Waals surface area (Å²) in [6.45, 7) is 0. The number of aromatic nitrogens is 2. The molecule has 108 valence electrons. The number of carboxylic acid groups (broad SMARTS) is 1. The molecule has 1 aromatic heterocycles. The van der Waals surface area contributed by atoms with E-state index in [9.17, 15) is 14.0 Å². The fraction of sp³-hybridized carbons (Fsp3) is 0.0769. The molecule has 1 amide bonds. The zero-order valence-electron chi connectivity index (χ0n) is 10.5. The maximum absolute atomic E-state index is 13.4. The lowest BCUT2D eigenvalue weighted by molar-refractivity contribution is 0.0992. The first-order valence-corrected chi connectivity index (χ1v) is 6.13. The van der Waals surface area contributed by atoms with Crippen LogP contribution >= 0.6 is 11.6 Å². The summed E-state index contributed by atoms with van der Waals surface area (Å²) in [6, 6.07) is 4.96. The monoisotopic (exact) mass is 309 g/mol. The third kappa shape index (κ3) is 3.96. The lowest BCUT2D eigenvalue weighted by Crippen LogP contribution is -2.11. The van der Waals surface area contributed by atoms with Crippen molar-refractivity contribution in [2.45, 2.75) is 6.42 Å². The molecule has 0 saturated heterocycles. The van der Waals surface area contributed by atoms with Gasteiger partial charge in [-0.25, -0.2) is 19.2 Å². The molecule has 0 bridgehead atoms. The van der Waals surface area contributed by atoms with Crippen LogP contribution in [0.25, 0.3) is 0 Å². The Morgan fingerprint density at radius 2 is 2.10 bits per heavy atom. The van der Waals surface area contributed by atoms with Crippen molar-refractivity contribution in [2.75, 3.05) is 5.32 Å². The number of carbonyl (C=O) groups is 2. The molecular weight excluding hydrogens is 301 g/mol. The van der Waals surface area contributed by atoms with Crippen molar-refractivity contribution in [1.82, 2.24) is 9.97 Å². The number of nitrogens with zero attached hydrogens (tertiary/aromatic N) is 2. The van der Waals surface area contributed by atoms with E-state index in [1.807, 2.05) is 5.32 Å². The van der Waals surface area contributed by atoms with Crippen molar-refractivity contribution in [2.24, 2.45) is 0 Å². The normalized spacial score (nSPS) is 10.2. The van der Waals surface area contributed by atoms with Gasteiger partial charge in [0.2, 0.25) is 5.28 Å². The van der Waals surface area contributed by atoms with Crippen LogP contribution in [0.2, 0.25) is 5.28 Å². The maximum Gasteiger partial charge on any atom is 0.409 e. The average Bonchev–Trinajstić information content (AvgIpc) is 2.40. The zero-order chi connectivity index (χ0) is 15.4. The van der Waals surface area contributed by atoms with Gasteiger partial charge in [-0.3, -0.25) is 10.1 Å². The van der Waals surface area contributed by atoms with E-state index in [0.717, 1.165) is 12.1 Å². The summed E-state index contributed by atoms with van der Waals surface area (Å²) < 4.78 is 13.4. The highest BCUT2D eigenvalue weighted by Gasteiger charge is 2.13. The van der Waals surface area contributed by atoms with Crippen LogP contribution in [0.5, 0.6) is 0 Å². The predicted molar refractivity (Wildman–Crippen MR) is 73.1 cm³/mol. The minimum atomic E-state index is -1.42. The van der Waals surface area contributed by atoms with E-state index < -0.39 is 11.9 Å². The molecule has 21 heavy (non-hydrogen) atoms. The summed E-state index contributed by atoms with van der Waals surface area (Å²) in [7, 11) is 0. The standard InChI is InChI=1S/C13H9ClFN3O3/c14-12-16-4-3-8(17-12)6-11(19)7-1-2-9(15)10(5-7)18-13(20)21/h1-5,18H,6H2,(H,20,21). The molecule has 0 atom stereocenters. The first-order valence-electron chi connectivity index (χ1n) is 5.76. The minimum absolute atomic E-state index is 0.0210. The van der Waals surface area contributed by atoms with Crippen molar-refractivity contribution >= 4 is 29.2 Å². The molecule has 0 aliphatic rings. The summed E-state index contributed by atoms with van der Waals surface area (Å²) in [5.74, 6) is -1.11. The molecule has 0 radical (unpaired) electrons. The van der Waals surface area contributed by atoms with Gasteiger partial charge < -0.3 is 5.11 Å². The van der Waals surface area contributed by atoms with Crippen LogP contribution in [-0.2, 0) is 6.42 Å². The number of anilines is 1. The zero-order valence-corrected chi connectivity index (χ0v) is 11.3. The van der Waals surface area contributed by atoms with Gasteiger partial charge in [0.15, 0.2) is 5.78 Å². The average molecular weight is 310 g/mol. The molecule has 1 heterocycles. The maximum atomic E-state index is 13.4. The molecule has 6 nitrogen and oxygen atoms in total. The van der Waals surface area contributed by atoms with Crippen LogP contribution in [0.3, 0.4) is 0 Å². The SMILES string of the molecule is O=C(O)Nc1cc(C(=O)Cc2ccnc(Cl)n2)ccc1F. The van der Waals surface area contributed by atoms with Crippen LogP contribution in [0.1, 0.15) is 16.1 Å². The van der Waals surface area contributed by atoms with Crippen molar-refractivity contribution in [3.8, 4) is 0 Å². The molecule has 0 aliphatic heterocycles. The quantitative estimate of drug-likeness (QED) is 0.669. The van der Waals surface area contributed by atoms with Gasteiger partial charge in [0.1, 0.15) is 5.82 Å². The van der Waals surface area contributed by atoms with Gasteiger partial charge in [-0.1, -0.05) is 0 Å². The second kappa shape index (κ2) is 6.27. The topological polar surface area (TPSA) is 92.2 Å². The van der Waals surface area contributed by atoms with Gasteiger partial charge in [0.25, 0.3) is 0 Å². The van der Waals surface area contributed by atoms with E-state index >= 15 is 0 Å². The number of hydrogen-bond acceptors (Lipinski definition) is 4. The summed E-state index contributed by atoms with van der Waals surface area (Å²) in [6.07, 6.45) is -0.0542. The van der Waals surface area contributed by atoms with Gasteiger partial charge in [0.05, 0.1) is 17.8 Å². The van der Waals surface area contributed by atoms with Crippen LogP contribution in [0, 0.1) is 5.82 Å². The Morgan fingerprint density at radius 3 is 2.76 bits per heavy atom. The molecule has 1 aromatic carbocycles. The van der Waals surface area contributed by atoms with E-state index in [2.05, 4.69) is 9.97 Å². The second-order valence-electron chi connectivity index (χ2n) is 4.04. The first-order chi connectivity index (χ1) is 9.95. The molecule has 0 unspecified atom stereocenters. The summed E-state index contributed by atoms with van der Waals surface area (Å²) in [5, 5.41) is 10.5. The van der Waals surface area contributed by atoms with E-state index in [1.54, 1.807) is 0 Å². The molecule has 2 rings (SSSR count). The molecule has 0 aliphatic carbocycles. The highest BCUT2D eigenvalue weighted by Crippen LogP contribution is 2.17. The molecule has 2 N–H and O–H groups in total. The van der Waals surface area contributed by atoms with Crippen LogP contribution in [0.4, 0.5) is 14.9 Å². The van der Waals surface area contributed by atoms with Gasteiger partial charge >= 0.3 is 6.09 Å². The van der Waals surface area contributed by atoms with Crippen molar-refractivity contribution < 1.29 is 19.1 Å². The first kappa shape index (κ1) is 14.9. The molecule has 0 saturated carbocycles. The fourth-order valence-corrected chi connectivity index (χ4v) is 1.81. The number of halogens is 2. The number of rotatable bonds is 4. The Morgan fingerprint density at radius 1 is 1.33 bits per heavy atom. The highest BCUT2D eigenvalue weighted by molar-refractivity contribution is 6.28. The summed E-state index contributed by atoms with van der Waals surface area (Å²) in [4.78, 5) is 30.2. The number of Topliss-reactive ketones (excluding diaryl/α,β-unsaturated/α-hetero) is 1. The molecular formula is C13H9ClFN3O3. The Kier molecular flexibility index (Phi) is 4.44. The Labute approximate surface area is 123 Å². The molecule has 0 fully saturated rings. The Bertz CT molecular complexity index is 709. The van der Waals surface area contributed by atoms with Crippen LogP contribution in [-0.4, -0.2) is 27.0 Å². The summed E-state index contributed by atoms with van der Waals surface area (Å²) >= 11 is 5.62.